The summed E-state index contributed by atoms with van der Waals surface area (Å²) < 4.78 is 0.911. The molecular formula is C25H18IN6O2P. The summed E-state index contributed by atoms with van der Waals surface area (Å²) in [6.45, 7) is 0. The van der Waals surface area contributed by atoms with Crippen molar-refractivity contribution in [3.8, 4) is 22.9 Å². The number of phenolic OH excluding ortho intramolecular Hbond substituents is 2. The lowest BCUT2D eigenvalue weighted by Crippen LogP contribution is -2.07. The minimum Gasteiger partial charge on any atom is -0.505 e. The Hall–Kier alpha value is -3.56. The van der Waals surface area contributed by atoms with E-state index in [0.717, 1.165) is 30.9 Å². The van der Waals surface area contributed by atoms with E-state index in [9.17, 15) is 10.2 Å². The van der Waals surface area contributed by atoms with Crippen LogP contribution in [0.15, 0.2) is 72.8 Å². The SMILES string of the molecule is Oc1c(Cc2cc(I)cc(-n3nc4ccccc4n3)c2O)cc(P)cc1-n1nc2ccccc2n1. The Labute approximate surface area is 215 Å². The van der Waals surface area contributed by atoms with Crippen LogP contribution in [0, 0.1) is 3.57 Å². The number of hydrogen-bond acceptors (Lipinski definition) is 6. The van der Waals surface area contributed by atoms with Crippen LogP contribution < -0.4 is 5.30 Å². The van der Waals surface area contributed by atoms with Crippen LogP contribution in [0.2, 0.25) is 0 Å². The highest BCUT2D eigenvalue weighted by Gasteiger charge is 2.18. The molecule has 4 aromatic carbocycles. The van der Waals surface area contributed by atoms with Crippen molar-refractivity contribution in [2.45, 2.75) is 6.42 Å². The Morgan fingerprint density at radius 3 is 1.57 bits per heavy atom. The van der Waals surface area contributed by atoms with E-state index < -0.39 is 0 Å². The van der Waals surface area contributed by atoms with Gasteiger partial charge in [-0.25, -0.2) is 0 Å². The third-order valence-electron chi connectivity index (χ3n) is 5.71. The molecule has 0 amide bonds. The first kappa shape index (κ1) is 21.9. The topological polar surface area (TPSA) is 102 Å². The Balaban J connectivity index is 1.43. The monoisotopic (exact) mass is 592 g/mol. The van der Waals surface area contributed by atoms with Gasteiger partial charge in [0, 0.05) is 21.1 Å². The molecule has 0 aliphatic heterocycles. The normalized spacial score (nSPS) is 11.5. The molecule has 8 nitrogen and oxygen atoms in total. The first-order valence-corrected chi connectivity index (χ1v) is 12.4. The van der Waals surface area contributed by atoms with Gasteiger partial charge in [-0.3, -0.25) is 0 Å². The van der Waals surface area contributed by atoms with Gasteiger partial charge in [-0.15, -0.1) is 39.2 Å². The average molecular weight is 592 g/mol. The van der Waals surface area contributed by atoms with Crippen molar-refractivity contribution >= 4 is 59.2 Å². The van der Waals surface area contributed by atoms with Gasteiger partial charge >= 0.3 is 0 Å². The third-order valence-corrected chi connectivity index (χ3v) is 6.67. The van der Waals surface area contributed by atoms with Crippen LogP contribution in [0.5, 0.6) is 11.5 Å². The predicted molar refractivity (Wildman–Crippen MR) is 146 cm³/mol. The zero-order valence-corrected chi connectivity index (χ0v) is 21.5. The second-order valence-electron chi connectivity index (χ2n) is 8.11. The van der Waals surface area contributed by atoms with Gasteiger partial charge in [0.1, 0.15) is 44.9 Å². The highest BCUT2D eigenvalue weighted by Crippen LogP contribution is 2.34. The molecule has 2 heterocycles. The molecule has 0 fully saturated rings. The van der Waals surface area contributed by atoms with Crippen LogP contribution >= 0.6 is 31.8 Å². The summed E-state index contributed by atoms with van der Waals surface area (Å²) in [6, 6.07) is 22.5. The molecule has 0 radical (unpaired) electrons. The van der Waals surface area contributed by atoms with E-state index in [1.807, 2.05) is 72.8 Å². The highest BCUT2D eigenvalue weighted by molar-refractivity contribution is 14.1. The van der Waals surface area contributed by atoms with Crippen LogP contribution in [0.1, 0.15) is 11.1 Å². The molecule has 0 aliphatic carbocycles. The summed E-state index contributed by atoms with van der Waals surface area (Å²) in [5, 5.41) is 41.2. The smallest absolute Gasteiger partial charge is 0.146 e. The molecule has 0 saturated carbocycles. The van der Waals surface area contributed by atoms with E-state index >= 15 is 0 Å². The summed E-state index contributed by atoms with van der Waals surface area (Å²) in [7, 11) is 2.66. The van der Waals surface area contributed by atoms with Gasteiger partial charge < -0.3 is 10.2 Å². The van der Waals surface area contributed by atoms with E-state index in [0.29, 0.717) is 28.9 Å². The maximum absolute atomic E-state index is 11.2. The van der Waals surface area contributed by atoms with Crippen LogP contribution in [-0.4, -0.2) is 40.2 Å². The van der Waals surface area contributed by atoms with Gasteiger partial charge in [0.15, 0.2) is 0 Å². The number of rotatable bonds is 4. The number of aromatic hydroxyl groups is 2. The zero-order chi connectivity index (χ0) is 24.1. The van der Waals surface area contributed by atoms with Crippen molar-refractivity contribution in [1.82, 2.24) is 30.0 Å². The molecule has 1 atom stereocenters. The van der Waals surface area contributed by atoms with Gasteiger partial charge in [0.25, 0.3) is 0 Å². The van der Waals surface area contributed by atoms with Crippen LogP contribution in [-0.2, 0) is 6.42 Å². The molecule has 10 heteroatoms. The van der Waals surface area contributed by atoms with E-state index in [1.165, 1.54) is 9.59 Å². The summed E-state index contributed by atoms with van der Waals surface area (Å²) in [6.07, 6.45) is 0.290. The Bertz CT molecular complexity index is 1550. The second-order valence-corrected chi connectivity index (χ2v) is 10.0. The highest BCUT2D eigenvalue weighted by atomic mass is 127. The van der Waals surface area contributed by atoms with E-state index in [1.54, 1.807) is 0 Å². The maximum atomic E-state index is 11.2. The summed E-state index contributed by atoms with van der Waals surface area (Å²) >= 11 is 2.20. The summed E-state index contributed by atoms with van der Waals surface area (Å²) in [4.78, 5) is 2.89. The Kier molecular flexibility index (Phi) is 5.38. The molecule has 6 rings (SSSR count). The van der Waals surface area contributed by atoms with Crippen molar-refractivity contribution in [3.63, 3.8) is 0 Å². The van der Waals surface area contributed by atoms with E-state index in [4.69, 9.17) is 0 Å². The van der Waals surface area contributed by atoms with E-state index in [-0.39, 0.29) is 11.5 Å². The number of benzene rings is 4. The molecule has 172 valence electrons. The van der Waals surface area contributed by atoms with E-state index in [2.05, 4.69) is 52.2 Å². The lowest BCUT2D eigenvalue weighted by atomic mass is 10.0. The molecule has 0 aliphatic rings. The van der Waals surface area contributed by atoms with Crippen molar-refractivity contribution in [3.05, 3.63) is 87.5 Å². The molecule has 6 aromatic rings. The molecule has 2 aromatic heterocycles. The first-order valence-electron chi connectivity index (χ1n) is 10.7. The molecule has 35 heavy (non-hydrogen) atoms. The Morgan fingerprint density at radius 2 is 1.09 bits per heavy atom. The number of nitrogens with zero attached hydrogens (tertiary/aromatic N) is 6. The standard InChI is InChI=1S/C25H18IN6O2P/c26-16-10-14(24(33)22(12-16)31-27-18-5-1-2-6-19(18)28-31)9-15-11-17(35)13-23(25(15)34)32-29-20-7-3-4-8-21(20)30-32/h1-8,10-13,33-34H,9,35H2. The van der Waals surface area contributed by atoms with Crippen molar-refractivity contribution < 1.29 is 10.2 Å². The van der Waals surface area contributed by atoms with Crippen LogP contribution in [0.25, 0.3) is 33.4 Å². The van der Waals surface area contributed by atoms with Gasteiger partial charge in [0.05, 0.1) is 0 Å². The molecule has 0 spiro atoms. The van der Waals surface area contributed by atoms with Crippen molar-refractivity contribution in [2.75, 3.05) is 0 Å². The van der Waals surface area contributed by atoms with Gasteiger partial charge in [-0.1, -0.05) is 24.3 Å². The first-order chi connectivity index (χ1) is 17.0. The number of phenols is 2. The number of fused-ring (bicyclic) bond motifs is 2. The van der Waals surface area contributed by atoms with Crippen molar-refractivity contribution in [2.24, 2.45) is 0 Å². The van der Waals surface area contributed by atoms with Gasteiger partial charge in [-0.05, 0) is 76.4 Å². The summed E-state index contributed by atoms with van der Waals surface area (Å²) in [5.41, 5.74) is 5.18. The quantitative estimate of drug-likeness (QED) is 0.235. The Morgan fingerprint density at radius 1 is 0.657 bits per heavy atom. The lowest BCUT2D eigenvalue weighted by Gasteiger charge is -2.14. The van der Waals surface area contributed by atoms with Crippen LogP contribution in [0.3, 0.4) is 0 Å². The fourth-order valence-electron chi connectivity index (χ4n) is 4.06. The lowest BCUT2D eigenvalue weighted by molar-refractivity contribution is 0.455. The van der Waals surface area contributed by atoms with Gasteiger partial charge in [-0.2, -0.15) is 0 Å². The molecule has 0 saturated heterocycles. The average Bonchev–Trinajstić information content (AvgIpc) is 3.47. The number of hydrogen-bond donors (Lipinski definition) is 2. The minimum atomic E-state index is 0.0549. The third kappa shape index (κ3) is 4.00. The number of aromatic nitrogens is 6. The largest absolute Gasteiger partial charge is 0.505 e. The fraction of sp³-hybridized carbons (Fsp3) is 0.0400. The molecule has 2 N–H and O–H groups in total. The minimum absolute atomic E-state index is 0.0549. The van der Waals surface area contributed by atoms with Gasteiger partial charge in [0.2, 0.25) is 0 Å². The molecule has 1 unspecified atom stereocenters. The molecular weight excluding hydrogens is 574 g/mol. The maximum Gasteiger partial charge on any atom is 0.146 e. The second kappa shape index (κ2) is 8.58. The fourth-order valence-corrected chi connectivity index (χ4v) is 5.09. The molecule has 0 bridgehead atoms. The summed E-state index contributed by atoms with van der Waals surface area (Å²) in [5.74, 6) is 0.114. The van der Waals surface area contributed by atoms with Crippen LogP contribution in [0.4, 0.5) is 0 Å². The zero-order valence-electron chi connectivity index (χ0n) is 18.2. The van der Waals surface area contributed by atoms with Crippen molar-refractivity contribution in [1.29, 1.82) is 0 Å². The number of halogens is 1. The predicted octanol–water partition coefficient (Wildman–Crippen LogP) is 4.26.